The van der Waals surface area contributed by atoms with Gasteiger partial charge in [-0.05, 0) is 25.7 Å². The first-order valence-corrected chi connectivity index (χ1v) is 9.23. The van der Waals surface area contributed by atoms with Gasteiger partial charge in [-0.15, -0.1) is 0 Å². The second-order valence-corrected chi connectivity index (χ2v) is 7.15. The van der Waals surface area contributed by atoms with Crippen LogP contribution in [0.25, 0.3) is 0 Å². The molecule has 2 aliphatic rings. The third kappa shape index (κ3) is 3.43. The lowest BCUT2D eigenvalue weighted by atomic mass is 9.85. The maximum absolute atomic E-state index is 6.12. The molecule has 0 amide bonds. The van der Waals surface area contributed by atoms with E-state index in [2.05, 4.69) is 10.1 Å². The van der Waals surface area contributed by atoms with Crippen LogP contribution in [0.5, 0.6) is 0 Å². The topological polar surface area (TPSA) is 74.2 Å². The Morgan fingerprint density at radius 1 is 1.33 bits per heavy atom. The average molecular weight is 311 g/mol. The van der Waals surface area contributed by atoms with Crippen LogP contribution in [0.1, 0.15) is 62.8 Å². The van der Waals surface area contributed by atoms with Gasteiger partial charge in [-0.2, -0.15) is 16.7 Å². The molecule has 2 fully saturated rings. The minimum atomic E-state index is -0.0157. The molecule has 1 aliphatic carbocycles. The summed E-state index contributed by atoms with van der Waals surface area (Å²) in [7, 11) is 0. The fourth-order valence-corrected chi connectivity index (χ4v) is 4.66. The van der Waals surface area contributed by atoms with E-state index in [9.17, 15) is 0 Å². The summed E-state index contributed by atoms with van der Waals surface area (Å²) in [6.45, 7) is 2.71. The summed E-state index contributed by atoms with van der Waals surface area (Å²) in [5.41, 5.74) is 6.12. The summed E-state index contributed by atoms with van der Waals surface area (Å²) < 4.78 is 11.5. The van der Waals surface area contributed by atoms with E-state index in [1.165, 1.54) is 32.1 Å². The quantitative estimate of drug-likeness (QED) is 0.901. The number of hydrogen-bond acceptors (Lipinski definition) is 6. The average Bonchev–Trinajstić information content (AvgIpc) is 3.14. The summed E-state index contributed by atoms with van der Waals surface area (Å²) >= 11 is 1.86. The Morgan fingerprint density at radius 2 is 2.14 bits per heavy atom. The van der Waals surface area contributed by atoms with Crippen LogP contribution in [0.15, 0.2) is 4.52 Å². The summed E-state index contributed by atoms with van der Waals surface area (Å²) in [4.78, 5) is 4.64. The molecule has 0 radical (unpaired) electrons. The number of thioether (sulfide) groups is 1. The van der Waals surface area contributed by atoms with Crippen molar-refractivity contribution in [2.45, 2.75) is 57.1 Å². The molecule has 2 N–H and O–H groups in total. The van der Waals surface area contributed by atoms with E-state index in [0.29, 0.717) is 18.4 Å². The fraction of sp³-hybridized carbons (Fsp3) is 0.867. The van der Waals surface area contributed by atoms with Gasteiger partial charge in [0.25, 0.3) is 0 Å². The van der Waals surface area contributed by atoms with Crippen molar-refractivity contribution < 1.29 is 9.26 Å². The van der Waals surface area contributed by atoms with Gasteiger partial charge in [0.1, 0.15) is 6.10 Å². The zero-order valence-electron chi connectivity index (χ0n) is 12.7. The van der Waals surface area contributed by atoms with Crippen LogP contribution in [0.4, 0.5) is 0 Å². The molecule has 0 aromatic carbocycles. The van der Waals surface area contributed by atoms with Gasteiger partial charge in [0.05, 0.1) is 5.92 Å². The molecular formula is C15H25N3O2S. The standard InChI is InChI=1S/C15H25N3O2S/c1-2-19-13(10-6-4-3-5-7-10)14-17-15(20-18-14)11-8-21-9-12(11)16/h10-13H,2-9,16H2,1H3. The zero-order valence-corrected chi connectivity index (χ0v) is 13.5. The third-order valence-electron chi connectivity index (χ3n) is 4.58. The molecule has 1 saturated heterocycles. The second-order valence-electron chi connectivity index (χ2n) is 6.07. The van der Waals surface area contributed by atoms with Crippen molar-refractivity contribution in [2.75, 3.05) is 18.1 Å². The molecule has 3 unspecified atom stereocenters. The van der Waals surface area contributed by atoms with E-state index < -0.39 is 0 Å². The molecule has 1 aliphatic heterocycles. The molecule has 3 atom stereocenters. The van der Waals surface area contributed by atoms with Crippen LogP contribution < -0.4 is 5.73 Å². The van der Waals surface area contributed by atoms with Crippen molar-refractivity contribution in [2.24, 2.45) is 11.7 Å². The van der Waals surface area contributed by atoms with E-state index in [4.69, 9.17) is 15.0 Å². The molecular weight excluding hydrogens is 286 g/mol. The Bertz CT molecular complexity index is 448. The maximum Gasteiger partial charge on any atom is 0.232 e. The highest BCUT2D eigenvalue weighted by Gasteiger charge is 2.34. The van der Waals surface area contributed by atoms with Crippen molar-refractivity contribution in [3.63, 3.8) is 0 Å². The lowest BCUT2D eigenvalue weighted by Gasteiger charge is -2.27. The van der Waals surface area contributed by atoms with Crippen molar-refractivity contribution in [1.29, 1.82) is 0 Å². The predicted molar refractivity (Wildman–Crippen MR) is 83.3 cm³/mol. The van der Waals surface area contributed by atoms with Crippen molar-refractivity contribution in [3.05, 3.63) is 11.7 Å². The summed E-state index contributed by atoms with van der Waals surface area (Å²) in [5.74, 6) is 4.09. The molecule has 1 aromatic rings. The first kappa shape index (κ1) is 15.3. The monoisotopic (exact) mass is 311 g/mol. The summed E-state index contributed by atoms with van der Waals surface area (Å²) in [6, 6.07) is 0.128. The van der Waals surface area contributed by atoms with E-state index >= 15 is 0 Å². The fourth-order valence-electron chi connectivity index (χ4n) is 3.38. The predicted octanol–water partition coefficient (Wildman–Crippen LogP) is 2.89. The zero-order chi connectivity index (χ0) is 14.7. The van der Waals surface area contributed by atoms with Gasteiger partial charge in [-0.25, -0.2) is 0 Å². The third-order valence-corrected chi connectivity index (χ3v) is 5.79. The molecule has 0 bridgehead atoms. The number of rotatable bonds is 5. The Kier molecular flexibility index (Phi) is 5.19. The smallest absolute Gasteiger partial charge is 0.232 e. The first-order chi connectivity index (χ1) is 10.3. The molecule has 6 heteroatoms. The molecule has 2 heterocycles. The lowest BCUT2D eigenvalue weighted by Crippen LogP contribution is -2.27. The van der Waals surface area contributed by atoms with Crippen molar-refractivity contribution in [3.8, 4) is 0 Å². The van der Waals surface area contributed by atoms with Gasteiger partial charge < -0.3 is 15.0 Å². The highest BCUT2D eigenvalue weighted by molar-refractivity contribution is 7.99. The van der Waals surface area contributed by atoms with Crippen LogP contribution in [0, 0.1) is 5.92 Å². The van der Waals surface area contributed by atoms with Crippen molar-refractivity contribution >= 4 is 11.8 Å². The SMILES string of the molecule is CCOC(c1noc(C2CSCC2N)n1)C1CCCCC1. The van der Waals surface area contributed by atoms with Crippen LogP contribution in [-0.4, -0.2) is 34.3 Å². The van der Waals surface area contributed by atoms with Gasteiger partial charge in [-0.3, -0.25) is 0 Å². The van der Waals surface area contributed by atoms with Crippen LogP contribution in [0.2, 0.25) is 0 Å². The molecule has 1 aromatic heterocycles. The molecule has 21 heavy (non-hydrogen) atoms. The maximum atomic E-state index is 6.12. The van der Waals surface area contributed by atoms with Crippen molar-refractivity contribution in [1.82, 2.24) is 10.1 Å². The van der Waals surface area contributed by atoms with Crippen LogP contribution in [-0.2, 0) is 4.74 Å². The summed E-state index contributed by atoms with van der Waals surface area (Å²) in [6.07, 6.45) is 6.28. The lowest BCUT2D eigenvalue weighted by molar-refractivity contribution is -0.00145. The molecule has 3 rings (SSSR count). The van der Waals surface area contributed by atoms with Gasteiger partial charge in [0, 0.05) is 24.2 Å². The normalized spacial score (nSPS) is 28.9. The Balaban J connectivity index is 1.74. The van der Waals surface area contributed by atoms with Gasteiger partial charge in [-0.1, -0.05) is 24.4 Å². The van der Waals surface area contributed by atoms with Gasteiger partial charge in [0.2, 0.25) is 11.7 Å². The number of nitrogens with two attached hydrogens (primary N) is 1. The number of ether oxygens (including phenoxy) is 1. The number of nitrogens with zero attached hydrogens (tertiary/aromatic N) is 2. The minimum Gasteiger partial charge on any atom is -0.370 e. The Hall–Kier alpha value is -0.590. The number of aromatic nitrogens is 2. The minimum absolute atomic E-state index is 0.0157. The highest BCUT2D eigenvalue weighted by atomic mass is 32.2. The molecule has 1 saturated carbocycles. The molecule has 5 nitrogen and oxygen atoms in total. The highest BCUT2D eigenvalue weighted by Crippen LogP contribution is 2.37. The molecule has 0 spiro atoms. The van der Waals surface area contributed by atoms with Crippen LogP contribution >= 0.6 is 11.8 Å². The first-order valence-electron chi connectivity index (χ1n) is 8.08. The van der Waals surface area contributed by atoms with Gasteiger partial charge in [0.15, 0.2) is 0 Å². The second kappa shape index (κ2) is 7.11. The number of hydrogen-bond donors (Lipinski definition) is 1. The van der Waals surface area contributed by atoms with E-state index in [0.717, 1.165) is 17.3 Å². The van der Waals surface area contributed by atoms with E-state index in [1.54, 1.807) is 0 Å². The van der Waals surface area contributed by atoms with Crippen LogP contribution in [0.3, 0.4) is 0 Å². The Labute approximate surface area is 130 Å². The largest absolute Gasteiger partial charge is 0.370 e. The van der Waals surface area contributed by atoms with E-state index in [-0.39, 0.29) is 18.1 Å². The van der Waals surface area contributed by atoms with E-state index in [1.807, 2.05) is 18.7 Å². The molecule has 118 valence electrons. The van der Waals surface area contributed by atoms with Gasteiger partial charge >= 0.3 is 0 Å². The summed E-state index contributed by atoms with van der Waals surface area (Å²) in [5, 5.41) is 4.21. The Morgan fingerprint density at radius 3 is 2.81 bits per heavy atom.